The van der Waals surface area contributed by atoms with Gasteiger partial charge in [-0.3, -0.25) is 4.98 Å². The second-order valence-electron chi connectivity index (χ2n) is 7.27. The Hall–Kier alpha value is -3.59. The van der Waals surface area contributed by atoms with Crippen molar-refractivity contribution in [1.82, 2.24) is 20.2 Å². The number of phenols is 1. The predicted octanol–water partition coefficient (Wildman–Crippen LogP) is 4.06. The molecule has 0 saturated heterocycles. The van der Waals surface area contributed by atoms with Crippen molar-refractivity contribution in [2.75, 3.05) is 0 Å². The second kappa shape index (κ2) is 7.92. The van der Waals surface area contributed by atoms with Gasteiger partial charge in [0.2, 0.25) is 5.89 Å². The number of aromatic nitrogens is 4. The number of hydrogen-bond acceptors (Lipinski definition) is 8. The smallest absolute Gasteiger partial charge is 0.268 e. The zero-order valence-electron chi connectivity index (χ0n) is 17.1. The SMILES string of the molecule is Cc1ncc(-c2ccc(S(=O)(=O)C(C)C)cc2)nc1-c1nnc(-c2ccc(O)cc2)o1. The van der Waals surface area contributed by atoms with E-state index in [9.17, 15) is 13.5 Å². The van der Waals surface area contributed by atoms with E-state index >= 15 is 0 Å². The van der Waals surface area contributed by atoms with Crippen LogP contribution in [0.3, 0.4) is 0 Å². The van der Waals surface area contributed by atoms with Crippen LogP contribution < -0.4 is 0 Å². The van der Waals surface area contributed by atoms with Gasteiger partial charge in [-0.2, -0.15) is 0 Å². The van der Waals surface area contributed by atoms with Gasteiger partial charge < -0.3 is 9.52 Å². The van der Waals surface area contributed by atoms with E-state index < -0.39 is 15.1 Å². The molecule has 0 aliphatic heterocycles. The molecule has 0 unspecified atom stereocenters. The van der Waals surface area contributed by atoms with Gasteiger partial charge in [0, 0.05) is 11.1 Å². The molecular weight excluding hydrogens is 416 g/mol. The van der Waals surface area contributed by atoms with E-state index in [1.54, 1.807) is 63.4 Å². The summed E-state index contributed by atoms with van der Waals surface area (Å²) in [5.41, 5.74) is 2.99. The van der Waals surface area contributed by atoms with Crippen LogP contribution in [0, 0.1) is 6.92 Å². The standard InChI is InChI=1S/C22H20N4O4S/c1-13(2)31(28,29)18-10-6-15(7-11-18)19-12-23-14(3)20(24-19)22-26-25-21(30-22)16-4-8-17(27)9-5-16/h4-13,27H,1-3H3. The molecule has 2 heterocycles. The Morgan fingerprint density at radius 1 is 0.903 bits per heavy atom. The Kier molecular flexibility index (Phi) is 5.28. The summed E-state index contributed by atoms with van der Waals surface area (Å²) in [6, 6.07) is 13.0. The van der Waals surface area contributed by atoms with Gasteiger partial charge >= 0.3 is 0 Å². The zero-order chi connectivity index (χ0) is 22.2. The first-order valence-corrected chi connectivity index (χ1v) is 11.1. The van der Waals surface area contributed by atoms with E-state index in [0.29, 0.717) is 28.5 Å². The summed E-state index contributed by atoms with van der Waals surface area (Å²) in [5.74, 6) is 0.656. The van der Waals surface area contributed by atoms with Crippen molar-refractivity contribution < 1.29 is 17.9 Å². The highest BCUT2D eigenvalue weighted by atomic mass is 32.2. The molecular formula is C22H20N4O4S. The van der Waals surface area contributed by atoms with E-state index in [4.69, 9.17) is 4.42 Å². The largest absolute Gasteiger partial charge is 0.508 e. The van der Waals surface area contributed by atoms with Gasteiger partial charge in [0.15, 0.2) is 9.84 Å². The summed E-state index contributed by atoms with van der Waals surface area (Å²) < 4.78 is 30.4. The molecule has 0 aliphatic carbocycles. The van der Waals surface area contributed by atoms with Crippen LogP contribution in [0.15, 0.2) is 64.0 Å². The highest BCUT2D eigenvalue weighted by molar-refractivity contribution is 7.92. The molecule has 0 fully saturated rings. The van der Waals surface area contributed by atoms with Crippen molar-refractivity contribution in [2.24, 2.45) is 0 Å². The summed E-state index contributed by atoms with van der Waals surface area (Å²) in [5, 5.41) is 17.1. The van der Waals surface area contributed by atoms with Crippen molar-refractivity contribution in [2.45, 2.75) is 30.9 Å². The average Bonchev–Trinajstić information content (AvgIpc) is 3.24. The van der Waals surface area contributed by atoms with Gasteiger partial charge in [-0.1, -0.05) is 12.1 Å². The third kappa shape index (κ3) is 4.04. The molecule has 2 aromatic heterocycles. The van der Waals surface area contributed by atoms with Gasteiger partial charge in [-0.05, 0) is 57.2 Å². The maximum absolute atomic E-state index is 12.3. The number of aromatic hydroxyl groups is 1. The zero-order valence-corrected chi connectivity index (χ0v) is 18.0. The number of hydrogen-bond donors (Lipinski definition) is 1. The fourth-order valence-electron chi connectivity index (χ4n) is 2.92. The van der Waals surface area contributed by atoms with E-state index in [1.165, 1.54) is 12.1 Å². The summed E-state index contributed by atoms with van der Waals surface area (Å²) in [7, 11) is -3.35. The summed E-state index contributed by atoms with van der Waals surface area (Å²) in [6.07, 6.45) is 1.61. The third-order valence-electron chi connectivity index (χ3n) is 4.80. The molecule has 158 valence electrons. The summed E-state index contributed by atoms with van der Waals surface area (Å²) in [4.78, 5) is 9.26. The maximum atomic E-state index is 12.3. The van der Waals surface area contributed by atoms with E-state index in [1.807, 2.05) is 0 Å². The fourth-order valence-corrected chi connectivity index (χ4v) is 3.98. The quantitative estimate of drug-likeness (QED) is 0.497. The number of aryl methyl sites for hydroxylation is 1. The monoisotopic (exact) mass is 436 g/mol. The van der Waals surface area contributed by atoms with E-state index in [2.05, 4.69) is 20.2 Å². The third-order valence-corrected chi connectivity index (χ3v) is 6.97. The molecule has 0 spiro atoms. The molecule has 9 heteroatoms. The molecule has 0 bridgehead atoms. The van der Waals surface area contributed by atoms with Gasteiger partial charge in [-0.15, -0.1) is 10.2 Å². The number of rotatable bonds is 5. The summed E-state index contributed by atoms with van der Waals surface area (Å²) in [6.45, 7) is 5.09. The molecule has 0 saturated carbocycles. The highest BCUT2D eigenvalue weighted by Crippen LogP contribution is 2.28. The Morgan fingerprint density at radius 2 is 1.52 bits per heavy atom. The number of sulfone groups is 1. The average molecular weight is 436 g/mol. The minimum Gasteiger partial charge on any atom is -0.508 e. The molecule has 0 amide bonds. The Bertz CT molecular complexity index is 1330. The molecule has 1 N–H and O–H groups in total. The van der Waals surface area contributed by atoms with Gasteiger partial charge in [0.25, 0.3) is 5.89 Å². The number of benzene rings is 2. The topological polar surface area (TPSA) is 119 Å². The van der Waals surface area contributed by atoms with Crippen molar-refractivity contribution >= 4 is 9.84 Å². The van der Waals surface area contributed by atoms with Crippen LogP contribution in [0.4, 0.5) is 0 Å². The molecule has 4 rings (SSSR count). The maximum Gasteiger partial charge on any atom is 0.268 e. The molecule has 31 heavy (non-hydrogen) atoms. The van der Waals surface area contributed by atoms with Crippen molar-refractivity contribution in [3.63, 3.8) is 0 Å². The minimum absolute atomic E-state index is 0.144. The lowest BCUT2D eigenvalue weighted by Crippen LogP contribution is -2.13. The second-order valence-corrected chi connectivity index (χ2v) is 9.77. The van der Waals surface area contributed by atoms with Crippen LogP contribution in [0.1, 0.15) is 19.5 Å². The van der Waals surface area contributed by atoms with Crippen molar-refractivity contribution in [3.8, 4) is 40.0 Å². The normalized spacial score (nSPS) is 11.7. The first-order chi connectivity index (χ1) is 14.8. The summed E-state index contributed by atoms with van der Waals surface area (Å²) >= 11 is 0. The first kappa shape index (κ1) is 20.7. The molecule has 4 aromatic rings. The molecule has 8 nitrogen and oxygen atoms in total. The van der Waals surface area contributed by atoms with Gasteiger partial charge in [0.05, 0.1) is 27.7 Å². The Balaban J connectivity index is 1.68. The van der Waals surface area contributed by atoms with Gasteiger partial charge in [-0.25, -0.2) is 13.4 Å². The predicted molar refractivity (Wildman–Crippen MR) is 115 cm³/mol. The fraction of sp³-hybridized carbons (Fsp3) is 0.182. The van der Waals surface area contributed by atoms with Crippen LogP contribution in [0.25, 0.3) is 34.3 Å². The molecule has 0 aliphatic rings. The lowest BCUT2D eigenvalue weighted by atomic mass is 10.1. The van der Waals surface area contributed by atoms with Crippen LogP contribution >= 0.6 is 0 Å². The van der Waals surface area contributed by atoms with E-state index in [-0.39, 0.29) is 16.5 Å². The Morgan fingerprint density at radius 3 is 2.16 bits per heavy atom. The highest BCUT2D eigenvalue weighted by Gasteiger charge is 2.20. The number of nitrogens with zero attached hydrogens (tertiary/aromatic N) is 4. The first-order valence-electron chi connectivity index (χ1n) is 9.57. The van der Waals surface area contributed by atoms with Crippen LogP contribution in [-0.4, -0.2) is 38.9 Å². The van der Waals surface area contributed by atoms with Crippen LogP contribution in [0.2, 0.25) is 0 Å². The van der Waals surface area contributed by atoms with Crippen LogP contribution in [-0.2, 0) is 9.84 Å². The minimum atomic E-state index is -3.35. The lowest BCUT2D eigenvalue weighted by Gasteiger charge is -2.09. The lowest BCUT2D eigenvalue weighted by molar-refractivity contribution is 0.475. The van der Waals surface area contributed by atoms with Crippen molar-refractivity contribution in [1.29, 1.82) is 0 Å². The molecule has 2 aromatic carbocycles. The molecule has 0 radical (unpaired) electrons. The number of phenolic OH excluding ortho intramolecular Hbond substituents is 1. The van der Waals surface area contributed by atoms with E-state index in [0.717, 1.165) is 5.56 Å². The Labute approximate surface area is 179 Å². The van der Waals surface area contributed by atoms with Crippen LogP contribution in [0.5, 0.6) is 5.75 Å². The van der Waals surface area contributed by atoms with Gasteiger partial charge in [0.1, 0.15) is 11.4 Å². The molecule has 0 atom stereocenters. The van der Waals surface area contributed by atoms with Crippen molar-refractivity contribution in [3.05, 3.63) is 60.4 Å².